The second-order valence-electron chi connectivity index (χ2n) is 6.61. The summed E-state index contributed by atoms with van der Waals surface area (Å²) in [7, 11) is 3.73. The van der Waals surface area contributed by atoms with Crippen molar-refractivity contribution in [2.24, 2.45) is 4.99 Å². The molecule has 0 aromatic heterocycles. The lowest BCUT2D eigenvalue weighted by atomic mass is 10.2. The number of hydrogen-bond acceptors (Lipinski definition) is 4. The van der Waals surface area contributed by atoms with Gasteiger partial charge in [0.05, 0.1) is 0 Å². The van der Waals surface area contributed by atoms with Crippen LogP contribution in [0.15, 0.2) is 34.2 Å². The number of aliphatic imine (C=N–C) groups is 1. The van der Waals surface area contributed by atoms with Crippen molar-refractivity contribution in [3.8, 4) is 0 Å². The monoisotopic (exact) mass is 494 g/mol. The van der Waals surface area contributed by atoms with Gasteiger partial charge < -0.3 is 20.3 Å². The number of amides is 1. The third-order valence-corrected chi connectivity index (χ3v) is 3.97. The van der Waals surface area contributed by atoms with E-state index in [1.54, 1.807) is 18.8 Å². The van der Waals surface area contributed by atoms with E-state index >= 15 is 0 Å². The summed E-state index contributed by atoms with van der Waals surface area (Å²) in [6.45, 7) is 7.31. The van der Waals surface area contributed by atoms with Crippen molar-refractivity contribution in [2.75, 3.05) is 33.4 Å². The summed E-state index contributed by atoms with van der Waals surface area (Å²) in [5, 5.41) is 5.95. The van der Waals surface area contributed by atoms with Crippen molar-refractivity contribution in [1.29, 1.82) is 0 Å². The normalized spacial score (nSPS) is 11.4. The average molecular weight is 494 g/mol. The van der Waals surface area contributed by atoms with E-state index < -0.39 is 11.7 Å². The standard InChI is InChI=1S/C18H30N4O2S.HI/c1-18(2,3)24-17(23)21-12-11-20-16(19-4)22(5)13-14-7-9-15(25-6)10-8-14;/h7-10H,11-13H2,1-6H3,(H,19,20)(H,21,23);1H. The van der Waals surface area contributed by atoms with Crippen LogP contribution in [0.3, 0.4) is 0 Å². The minimum Gasteiger partial charge on any atom is -0.444 e. The van der Waals surface area contributed by atoms with Crippen LogP contribution >= 0.6 is 35.7 Å². The Labute approximate surface area is 178 Å². The molecular weight excluding hydrogens is 463 g/mol. The number of rotatable bonds is 6. The molecule has 2 N–H and O–H groups in total. The lowest BCUT2D eigenvalue weighted by Gasteiger charge is -2.23. The fourth-order valence-electron chi connectivity index (χ4n) is 2.12. The van der Waals surface area contributed by atoms with Crippen molar-refractivity contribution >= 4 is 47.8 Å². The minimum absolute atomic E-state index is 0. The van der Waals surface area contributed by atoms with Crippen LogP contribution < -0.4 is 10.6 Å². The lowest BCUT2D eigenvalue weighted by Crippen LogP contribution is -2.43. The molecule has 0 aliphatic heterocycles. The highest BCUT2D eigenvalue weighted by atomic mass is 127. The first-order valence-corrected chi connectivity index (χ1v) is 9.49. The molecule has 0 fully saturated rings. The summed E-state index contributed by atoms with van der Waals surface area (Å²) in [5.74, 6) is 0.778. The lowest BCUT2D eigenvalue weighted by molar-refractivity contribution is 0.0529. The zero-order chi connectivity index (χ0) is 18.9. The van der Waals surface area contributed by atoms with Gasteiger partial charge in [0, 0.05) is 38.6 Å². The molecule has 0 aliphatic carbocycles. The zero-order valence-electron chi connectivity index (χ0n) is 16.5. The van der Waals surface area contributed by atoms with Gasteiger partial charge in [0.2, 0.25) is 0 Å². The van der Waals surface area contributed by atoms with Gasteiger partial charge in [-0.15, -0.1) is 35.7 Å². The first-order chi connectivity index (χ1) is 11.7. The van der Waals surface area contributed by atoms with Crippen molar-refractivity contribution in [3.63, 3.8) is 0 Å². The second-order valence-corrected chi connectivity index (χ2v) is 7.49. The molecule has 0 bridgehead atoms. The molecule has 1 amide bonds. The largest absolute Gasteiger partial charge is 0.444 e. The summed E-state index contributed by atoms with van der Waals surface area (Å²) < 4.78 is 5.20. The van der Waals surface area contributed by atoms with Crippen LogP contribution in [0.2, 0.25) is 0 Å². The zero-order valence-corrected chi connectivity index (χ0v) is 19.6. The van der Waals surface area contributed by atoms with Crippen LogP contribution in [0.1, 0.15) is 26.3 Å². The van der Waals surface area contributed by atoms with E-state index in [9.17, 15) is 4.79 Å². The molecule has 0 heterocycles. The summed E-state index contributed by atoms with van der Waals surface area (Å²) in [6.07, 6.45) is 1.66. The van der Waals surface area contributed by atoms with E-state index in [0.29, 0.717) is 13.1 Å². The summed E-state index contributed by atoms with van der Waals surface area (Å²) in [4.78, 5) is 19.2. The fourth-order valence-corrected chi connectivity index (χ4v) is 2.53. The summed E-state index contributed by atoms with van der Waals surface area (Å²) in [5.41, 5.74) is 0.731. The SMILES string of the molecule is CN=C(NCCNC(=O)OC(C)(C)C)N(C)Cc1ccc(SC)cc1.I. The topological polar surface area (TPSA) is 66.0 Å². The molecule has 1 rings (SSSR count). The smallest absolute Gasteiger partial charge is 0.407 e. The molecule has 0 saturated heterocycles. The average Bonchev–Trinajstić information content (AvgIpc) is 2.53. The van der Waals surface area contributed by atoms with Crippen molar-refractivity contribution < 1.29 is 9.53 Å². The third kappa shape index (κ3) is 10.1. The molecule has 6 nitrogen and oxygen atoms in total. The number of benzene rings is 1. The van der Waals surface area contributed by atoms with Gasteiger partial charge in [0.1, 0.15) is 5.60 Å². The quantitative estimate of drug-likeness (QED) is 0.208. The van der Waals surface area contributed by atoms with Crippen LogP contribution in [0.25, 0.3) is 0 Å². The van der Waals surface area contributed by atoms with E-state index in [0.717, 1.165) is 12.5 Å². The summed E-state index contributed by atoms with van der Waals surface area (Å²) in [6, 6.07) is 8.49. The van der Waals surface area contributed by atoms with Gasteiger partial charge in [-0.1, -0.05) is 12.1 Å². The predicted octanol–water partition coefficient (Wildman–Crippen LogP) is 3.56. The first-order valence-electron chi connectivity index (χ1n) is 8.26. The molecule has 148 valence electrons. The van der Waals surface area contributed by atoms with E-state index in [1.165, 1.54) is 10.5 Å². The molecule has 1 aromatic carbocycles. The Balaban J connectivity index is 0.00000625. The second kappa shape index (κ2) is 12.3. The molecule has 0 unspecified atom stereocenters. The molecule has 0 saturated carbocycles. The van der Waals surface area contributed by atoms with Gasteiger partial charge in [-0.2, -0.15) is 0 Å². The van der Waals surface area contributed by atoms with Crippen LogP contribution in [-0.4, -0.2) is 56.0 Å². The highest BCUT2D eigenvalue weighted by Crippen LogP contribution is 2.15. The number of carbonyl (C=O) groups is 1. The van der Waals surface area contributed by atoms with E-state index in [4.69, 9.17) is 4.74 Å². The molecule has 26 heavy (non-hydrogen) atoms. The molecule has 0 atom stereocenters. The maximum absolute atomic E-state index is 11.6. The molecule has 0 aliphatic rings. The number of ether oxygens (including phenoxy) is 1. The van der Waals surface area contributed by atoms with Crippen molar-refractivity contribution in [2.45, 2.75) is 37.8 Å². The Hall–Kier alpha value is -1.16. The van der Waals surface area contributed by atoms with Crippen LogP contribution in [0.4, 0.5) is 4.79 Å². The highest BCUT2D eigenvalue weighted by molar-refractivity contribution is 14.0. The Kier molecular flexibility index (Phi) is 11.7. The number of hydrogen-bond donors (Lipinski definition) is 2. The van der Waals surface area contributed by atoms with E-state index in [2.05, 4.69) is 46.1 Å². The highest BCUT2D eigenvalue weighted by Gasteiger charge is 2.15. The van der Waals surface area contributed by atoms with Crippen molar-refractivity contribution in [1.82, 2.24) is 15.5 Å². The third-order valence-electron chi connectivity index (χ3n) is 3.23. The molecule has 0 radical (unpaired) electrons. The molecule has 1 aromatic rings. The number of nitrogens with one attached hydrogen (secondary N) is 2. The van der Waals surface area contributed by atoms with Gasteiger partial charge in [-0.05, 0) is 44.7 Å². The number of alkyl carbamates (subject to hydrolysis) is 1. The summed E-state index contributed by atoms with van der Waals surface area (Å²) >= 11 is 1.73. The number of halogens is 1. The Morgan fingerprint density at radius 1 is 1.19 bits per heavy atom. The van der Waals surface area contributed by atoms with Gasteiger partial charge >= 0.3 is 6.09 Å². The van der Waals surface area contributed by atoms with Crippen LogP contribution in [0.5, 0.6) is 0 Å². The van der Waals surface area contributed by atoms with Crippen LogP contribution in [-0.2, 0) is 11.3 Å². The van der Waals surface area contributed by atoms with Gasteiger partial charge in [0.25, 0.3) is 0 Å². The van der Waals surface area contributed by atoms with E-state index in [1.807, 2.05) is 32.7 Å². The molecule has 8 heteroatoms. The molecule has 0 spiro atoms. The number of carbonyl (C=O) groups excluding carboxylic acids is 1. The molecular formula is C18H31IN4O2S. The minimum atomic E-state index is -0.487. The number of guanidine groups is 1. The Morgan fingerprint density at radius 2 is 1.77 bits per heavy atom. The predicted molar refractivity (Wildman–Crippen MR) is 121 cm³/mol. The van der Waals surface area contributed by atoms with Crippen LogP contribution in [0, 0.1) is 0 Å². The Morgan fingerprint density at radius 3 is 2.27 bits per heavy atom. The maximum Gasteiger partial charge on any atom is 0.407 e. The van der Waals surface area contributed by atoms with Crippen molar-refractivity contribution in [3.05, 3.63) is 29.8 Å². The number of nitrogens with zero attached hydrogens (tertiary/aromatic N) is 2. The van der Waals surface area contributed by atoms with Gasteiger partial charge in [0.15, 0.2) is 5.96 Å². The van der Waals surface area contributed by atoms with Gasteiger partial charge in [-0.3, -0.25) is 4.99 Å². The number of thioether (sulfide) groups is 1. The Bertz CT molecular complexity index is 574. The maximum atomic E-state index is 11.6. The van der Waals surface area contributed by atoms with Gasteiger partial charge in [-0.25, -0.2) is 4.79 Å². The fraction of sp³-hybridized carbons (Fsp3) is 0.556. The van der Waals surface area contributed by atoms with E-state index in [-0.39, 0.29) is 24.0 Å². The first kappa shape index (κ1) is 24.8.